The molecule has 4 saturated carbocycles. The predicted molar refractivity (Wildman–Crippen MR) is 558 cm³/mol. The predicted octanol–water partition coefficient (Wildman–Crippen LogP) is 32.3. The topological polar surface area (TPSA) is 144 Å². The highest BCUT2D eigenvalue weighted by Crippen LogP contribution is 2.51. The van der Waals surface area contributed by atoms with Crippen LogP contribution in [0.4, 0.5) is 5.69 Å². The maximum absolute atomic E-state index is 10.1. The van der Waals surface area contributed by atoms with Crippen LogP contribution in [0.15, 0.2) is 145 Å². The van der Waals surface area contributed by atoms with Gasteiger partial charge in [0.05, 0.1) is 49.6 Å². The van der Waals surface area contributed by atoms with E-state index in [1.54, 1.807) is 109 Å². The molecule has 0 saturated heterocycles. The Bertz CT molecular complexity index is 8960. The van der Waals surface area contributed by atoms with Gasteiger partial charge in [0, 0.05) is 156 Å². The fourth-order valence-electron chi connectivity index (χ4n) is 20.9. The molecule has 0 radical (unpaired) electrons. The Labute approximate surface area is 844 Å². The Balaban J connectivity index is 0.000000147. The van der Waals surface area contributed by atoms with Crippen molar-refractivity contribution in [3.63, 3.8) is 0 Å². The fourth-order valence-corrected chi connectivity index (χ4v) is 20.9. The maximum atomic E-state index is 10.1. The Kier molecular flexibility index (Phi) is 19.2. The summed E-state index contributed by atoms with van der Waals surface area (Å²) in [6, 6.07) is 40.4. The van der Waals surface area contributed by atoms with Crippen LogP contribution in [0.25, 0.3) is 138 Å². The van der Waals surface area contributed by atoms with Gasteiger partial charge < -0.3 is 17.7 Å². The first kappa shape index (κ1) is 66.9. The zero-order valence-electron chi connectivity index (χ0n) is 109. The van der Waals surface area contributed by atoms with Gasteiger partial charge in [-0.25, -0.2) is 4.85 Å². The van der Waals surface area contributed by atoms with E-state index in [4.69, 9.17) is 51.7 Å². The zero-order valence-corrected chi connectivity index (χ0v) is 81.8. The van der Waals surface area contributed by atoms with E-state index in [0.29, 0.717) is 108 Å². The van der Waals surface area contributed by atoms with Crippen LogP contribution in [0.3, 0.4) is 0 Å². The zero-order chi connectivity index (χ0) is 120. The molecule has 136 heavy (non-hydrogen) atoms. The molecule has 4 fully saturated rings. The molecule has 4 aliphatic carbocycles. The SMILES string of the molecule is [2H]C1(c2c([N+]#[C-])ccc3c2oc2c(-c4cc(C)cc(C)[n+]4C)c(C)ccc23)CCCCC1.[2H]c1c(C([2H])(C([2H])([2H])[2H])C([2H])([2H])[2H])c(C([2H])([2H])[2H])c(C)[n+](C)c1-c1c(C)ccc2c1oc1c(C#N)cc(C3([2H])CCCCC3)cc12.[2H]c1c(C([2H])([2H])C(C)(C)C)c(C([2H])([2H])[2H])c(C)[n+](C)c1-c1c(C)ccc2c1oc1c(C#N)cc(C3([2H])CCCCC3)cc12.[2H]c1c(C([2H])([2H])C(C)C)c(C([2H])([2H])[2H])c(C)[n+](C)c1-c1c(C)ccc2c1oc1c(C#N)cc(C3([2H])CCCCC3)cc12. The van der Waals surface area contributed by atoms with E-state index in [1.165, 1.54) is 29.8 Å². The van der Waals surface area contributed by atoms with Crippen molar-refractivity contribution in [2.24, 2.45) is 39.5 Å². The number of rotatable bonds is 12. The Morgan fingerprint density at radius 3 is 1.15 bits per heavy atom. The first-order valence-electron chi connectivity index (χ1n) is 61.5. The van der Waals surface area contributed by atoms with Gasteiger partial charge in [0.15, 0.2) is 45.2 Å². The third kappa shape index (κ3) is 18.0. The van der Waals surface area contributed by atoms with Crippen molar-refractivity contribution in [2.45, 2.75) is 302 Å². The standard InChI is InChI=1S/C33H39N2O.C32H37N2O.C31H35N2O.C28H29N2O/c1-20-13-14-27-28-16-24(23-11-9-8-10-12-23)15-26(19-34)31(28)36-32(27)30(20)29-17-25(18-33(4,5)6)21(2)22(3)35(29)7;1-19(2)14-24-17-29(34(6)22(5)21(24)4)30-20(3)12-13-27-28-16-25(23-10-8-7-9-11-23)15-26(18-33)31(28)35-32(27)30;1-18(2)26-16-28(33(6)21(5)20(26)4)29-19(3)12-13-25-27-15-23(22-10-8-7-9-11-22)14-24(17-32)30(27)34-31(25)29;1-17-15-19(3)30(5)24(16-17)25-18(2)11-12-21-22-13-14-23(29-4)26(28(22)31-27(21)25)20-9-7-6-8-10-20/h13-17,23H,8-12,18H2,1-7H3;12-13,15-17,19,23H,7-11,14H2,1-6H3;12-16,18,22H,7-11H2,1-6H3;11-16,20H,6-10H2,1-3,5H3/q4*+1/i2D3,17D,18D2,23D;4D3,14D2,17D,23D;1D3,2D3,4D3,16D,18D,22D;20D. The molecule has 12 heteroatoms. The highest BCUT2D eigenvalue weighted by molar-refractivity contribution is 6.15. The quantitative estimate of drug-likeness (QED) is 0.0875. The Hall–Kier alpha value is -12.5. The summed E-state index contributed by atoms with van der Waals surface area (Å²) in [7, 11) is 6.97. The van der Waals surface area contributed by atoms with Gasteiger partial charge in [-0.1, -0.05) is 186 Å². The fraction of sp³-hybridized carbons (Fsp3) is 0.419. The van der Waals surface area contributed by atoms with Crippen LogP contribution < -0.4 is 18.3 Å². The number of fused-ring (bicyclic) bond motifs is 12. The molecule has 8 aromatic carbocycles. The number of hydrogen-bond acceptors (Lipinski definition) is 7. The number of benzene rings is 8. The number of aromatic nitrogens is 4. The summed E-state index contributed by atoms with van der Waals surface area (Å²) in [4.78, 5) is 3.81. The molecule has 0 spiro atoms. The second kappa shape index (κ2) is 39.0. The van der Waals surface area contributed by atoms with E-state index >= 15 is 0 Å². The van der Waals surface area contributed by atoms with E-state index in [0.717, 1.165) is 204 Å². The number of nitrogens with zero attached hydrogens (tertiary/aromatic N) is 8. The molecule has 4 aliphatic rings. The second-order valence-electron chi connectivity index (χ2n) is 39.4. The van der Waals surface area contributed by atoms with Gasteiger partial charge in [-0.05, 0) is 258 Å². The molecule has 0 N–H and O–H groups in total. The van der Waals surface area contributed by atoms with Crippen molar-refractivity contribution in [1.82, 2.24) is 0 Å². The third-order valence-corrected chi connectivity index (χ3v) is 28.7. The molecule has 0 amide bonds. The summed E-state index contributed by atoms with van der Waals surface area (Å²) < 4.78 is 266. The average Bonchev–Trinajstić information content (AvgIpc) is 1.70. The van der Waals surface area contributed by atoms with Gasteiger partial charge in [0.2, 0.25) is 22.8 Å². The van der Waals surface area contributed by atoms with Crippen LogP contribution in [0, 0.1) is 135 Å². The van der Waals surface area contributed by atoms with Crippen molar-refractivity contribution in [2.75, 3.05) is 0 Å². The van der Waals surface area contributed by atoms with E-state index in [9.17, 15) is 25.4 Å². The van der Waals surface area contributed by atoms with Crippen LogP contribution in [0.5, 0.6) is 0 Å². The number of nitriles is 3. The normalized spacial score (nSPS) is 19.5. The molecule has 0 bridgehead atoms. The van der Waals surface area contributed by atoms with E-state index in [-0.39, 0.29) is 68.0 Å². The van der Waals surface area contributed by atoms with Crippen LogP contribution in [-0.4, -0.2) is 0 Å². The molecule has 8 aromatic heterocycles. The molecule has 0 unspecified atom stereocenters. The van der Waals surface area contributed by atoms with E-state index in [1.807, 2.05) is 68.4 Å². The highest BCUT2D eigenvalue weighted by Gasteiger charge is 2.35. The van der Waals surface area contributed by atoms with Crippen molar-refractivity contribution in [3.05, 3.63) is 262 Å². The van der Waals surface area contributed by atoms with Crippen LogP contribution >= 0.6 is 0 Å². The van der Waals surface area contributed by atoms with Crippen molar-refractivity contribution >= 4 is 93.4 Å². The Morgan fingerprint density at radius 2 is 0.772 bits per heavy atom. The minimum atomic E-state index is -3.54. The molecular weight excluding hydrogens is 1670 g/mol. The first-order valence-corrected chi connectivity index (χ1v) is 48.0. The van der Waals surface area contributed by atoms with Crippen molar-refractivity contribution < 1.29 is 72.9 Å². The number of furan rings is 4. The van der Waals surface area contributed by atoms with E-state index < -0.39 is 105 Å². The summed E-state index contributed by atoms with van der Waals surface area (Å²) in [5, 5.41) is 36.5. The first-order chi connectivity index (χ1) is 75.8. The molecule has 8 heterocycles. The lowest BCUT2D eigenvalue weighted by Gasteiger charge is -2.23. The van der Waals surface area contributed by atoms with Crippen LogP contribution in [0.1, 0.15) is 366 Å². The monoisotopic (exact) mass is 1830 g/mol. The van der Waals surface area contributed by atoms with Gasteiger partial charge >= 0.3 is 0 Å². The lowest BCUT2D eigenvalue weighted by atomic mass is 9.82. The molecule has 12 nitrogen and oxygen atoms in total. The average molecular weight is 1830 g/mol. The second-order valence-corrected chi connectivity index (χ2v) is 39.4. The minimum Gasteiger partial charge on any atom is -0.456 e. The van der Waals surface area contributed by atoms with Gasteiger partial charge in [0.1, 0.15) is 74.3 Å². The molecular formula is C124H140N8O4+4. The maximum Gasteiger partial charge on any atom is 0.216 e. The molecule has 0 aliphatic heterocycles. The largest absolute Gasteiger partial charge is 0.456 e. The van der Waals surface area contributed by atoms with Gasteiger partial charge in [0.25, 0.3) is 0 Å². The van der Waals surface area contributed by atoms with Gasteiger partial charge in [-0.2, -0.15) is 34.1 Å². The lowest BCUT2D eigenvalue weighted by Crippen LogP contribution is -2.36. The summed E-state index contributed by atoms with van der Waals surface area (Å²) in [5.41, 5.74) is 15.7. The Morgan fingerprint density at radius 1 is 0.426 bits per heavy atom. The number of hydrogen-bond donors (Lipinski definition) is 0. The highest BCUT2D eigenvalue weighted by atomic mass is 16.3. The molecule has 696 valence electrons. The van der Waals surface area contributed by atoms with Crippen molar-refractivity contribution in [3.8, 4) is 63.2 Å². The van der Waals surface area contributed by atoms with Crippen LogP contribution in [-0.2, 0) is 40.9 Å². The van der Waals surface area contributed by atoms with Gasteiger partial charge in [-0.15, -0.1) is 0 Å². The van der Waals surface area contributed by atoms with Crippen molar-refractivity contribution in [1.29, 1.82) is 15.8 Å². The molecule has 0 atom stereocenters. The summed E-state index contributed by atoms with van der Waals surface area (Å²) in [6.45, 7) is 17.4. The number of aryl methyl sites for hydroxylation is 6. The van der Waals surface area contributed by atoms with Gasteiger partial charge in [-0.3, -0.25) is 0 Å². The minimum absolute atomic E-state index is 0.0317. The summed E-state index contributed by atoms with van der Waals surface area (Å²) in [5.74, 6) is -7.21. The molecule has 20 rings (SSSR count). The van der Waals surface area contributed by atoms with Crippen LogP contribution in [0.2, 0.25) is 0 Å². The smallest absolute Gasteiger partial charge is 0.216 e. The summed E-state index contributed by atoms with van der Waals surface area (Å²) >= 11 is 0. The number of pyridine rings is 4. The summed E-state index contributed by atoms with van der Waals surface area (Å²) in [6.07, 6.45) is 13.7. The third-order valence-electron chi connectivity index (χ3n) is 28.7. The van der Waals surface area contributed by atoms with E-state index in [2.05, 4.69) is 79.7 Å². The molecule has 16 aromatic rings. The lowest BCUT2D eigenvalue weighted by molar-refractivity contribution is -0.667.